The summed E-state index contributed by atoms with van der Waals surface area (Å²) in [6, 6.07) is 9.71. The van der Waals surface area contributed by atoms with Crippen LogP contribution in [0.25, 0.3) is 0 Å². The minimum absolute atomic E-state index is 0.00103. The maximum Gasteiger partial charge on any atom is 0.240 e. The van der Waals surface area contributed by atoms with Crippen molar-refractivity contribution in [3.05, 3.63) is 53.3 Å². The monoisotopic (exact) mass is 497 g/mol. The van der Waals surface area contributed by atoms with Crippen molar-refractivity contribution in [2.45, 2.75) is 24.7 Å². The number of hydrogen-bond donors (Lipinski definition) is 2. The van der Waals surface area contributed by atoms with Crippen LogP contribution in [0.15, 0.2) is 47.4 Å². The van der Waals surface area contributed by atoms with Crippen LogP contribution in [-0.4, -0.2) is 46.5 Å². The molecular formula is C22H25ClFN3O5S. The van der Waals surface area contributed by atoms with E-state index in [0.29, 0.717) is 31.0 Å². The molecule has 1 fully saturated rings. The molecule has 1 atom stereocenters. The standard InChI is InChI=1S/C22H25ClFN3O5S/c1-2-32-11-3-10-25-33(30,31)18-7-4-16(5-8-18)26-22(29)15-12-21(28)27(14-15)17-6-9-20(24)19(23)13-17/h4-9,13,15,25H,2-3,10-12,14H2,1H3,(H,26,29). The SMILES string of the molecule is CCOCCCNS(=O)(=O)c1ccc(NC(=O)C2CC(=O)N(c3ccc(F)c(Cl)c3)C2)cc1. The molecule has 8 nitrogen and oxygen atoms in total. The fraction of sp³-hybridized carbons (Fsp3) is 0.364. The zero-order valence-electron chi connectivity index (χ0n) is 18.0. The van der Waals surface area contributed by atoms with Crippen molar-refractivity contribution in [3.8, 4) is 0 Å². The number of amides is 2. The second-order valence-electron chi connectivity index (χ2n) is 7.47. The van der Waals surface area contributed by atoms with Crippen LogP contribution in [0.4, 0.5) is 15.8 Å². The third kappa shape index (κ3) is 6.50. The summed E-state index contributed by atoms with van der Waals surface area (Å²) in [4.78, 5) is 26.5. The highest BCUT2D eigenvalue weighted by Crippen LogP contribution is 2.29. The first-order valence-electron chi connectivity index (χ1n) is 10.4. The summed E-state index contributed by atoms with van der Waals surface area (Å²) in [5.74, 6) is -1.84. The summed E-state index contributed by atoms with van der Waals surface area (Å²) >= 11 is 5.79. The van der Waals surface area contributed by atoms with Gasteiger partial charge in [0, 0.05) is 44.1 Å². The Kier molecular flexibility index (Phi) is 8.41. The number of halogens is 2. The number of nitrogens with zero attached hydrogens (tertiary/aromatic N) is 1. The molecule has 1 saturated heterocycles. The molecule has 178 valence electrons. The van der Waals surface area contributed by atoms with E-state index in [9.17, 15) is 22.4 Å². The molecule has 1 heterocycles. The molecule has 2 N–H and O–H groups in total. The first-order chi connectivity index (χ1) is 15.7. The Balaban J connectivity index is 1.57. The molecule has 33 heavy (non-hydrogen) atoms. The number of rotatable bonds is 10. The highest BCUT2D eigenvalue weighted by atomic mass is 35.5. The molecule has 2 aromatic carbocycles. The number of carbonyl (C=O) groups is 2. The van der Waals surface area contributed by atoms with Crippen LogP contribution in [-0.2, 0) is 24.3 Å². The van der Waals surface area contributed by atoms with E-state index >= 15 is 0 Å². The number of anilines is 2. The Morgan fingerprint density at radius 2 is 1.97 bits per heavy atom. The van der Waals surface area contributed by atoms with Crippen molar-refractivity contribution in [1.29, 1.82) is 0 Å². The van der Waals surface area contributed by atoms with E-state index < -0.39 is 21.8 Å². The van der Waals surface area contributed by atoms with Gasteiger partial charge in [-0.3, -0.25) is 9.59 Å². The number of hydrogen-bond acceptors (Lipinski definition) is 5. The molecular weight excluding hydrogens is 473 g/mol. The van der Waals surface area contributed by atoms with Gasteiger partial charge in [-0.05, 0) is 55.8 Å². The minimum Gasteiger partial charge on any atom is -0.382 e. The number of carbonyl (C=O) groups excluding carboxylic acids is 2. The number of sulfonamides is 1. The average Bonchev–Trinajstić information content (AvgIpc) is 3.17. The van der Waals surface area contributed by atoms with E-state index in [1.54, 1.807) is 0 Å². The fourth-order valence-electron chi connectivity index (χ4n) is 3.36. The van der Waals surface area contributed by atoms with Gasteiger partial charge in [0.05, 0.1) is 15.8 Å². The van der Waals surface area contributed by atoms with Crippen LogP contribution < -0.4 is 14.9 Å². The molecule has 0 aromatic heterocycles. The molecule has 0 radical (unpaired) electrons. The van der Waals surface area contributed by atoms with Crippen LogP contribution in [0.1, 0.15) is 19.8 Å². The molecule has 0 saturated carbocycles. The Bertz CT molecular complexity index is 1110. The topological polar surface area (TPSA) is 105 Å². The second-order valence-corrected chi connectivity index (χ2v) is 9.64. The van der Waals surface area contributed by atoms with Gasteiger partial charge in [-0.25, -0.2) is 17.5 Å². The summed E-state index contributed by atoms with van der Waals surface area (Å²) < 4.78 is 45.8. The zero-order valence-corrected chi connectivity index (χ0v) is 19.6. The van der Waals surface area contributed by atoms with Gasteiger partial charge in [0.15, 0.2) is 0 Å². The molecule has 1 aliphatic rings. The van der Waals surface area contributed by atoms with Crippen molar-refractivity contribution in [2.75, 3.05) is 36.5 Å². The van der Waals surface area contributed by atoms with Crippen molar-refractivity contribution in [2.24, 2.45) is 5.92 Å². The largest absolute Gasteiger partial charge is 0.382 e. The number of benzene rings is 2. The van der Waals surface area contributed by atoms with E-state index in [2.05, 4.69) is 10.0 Å². The Morgan fingerprint density at radius 3 is 2.64 bits per heavy atom. The molecule has 11 heteroatoms. The lowest BCUT2D eigenvalue weighted by Crippen LogP contribution is -2.28. The predicted molar refractivity (Wildman–Crippen MR) is 123 cm³/mol. The Labute approximate surface area is 197 Å². The smallest absolute Gasteiger partial charge is 0.240 e. The van der Waals surface area contributed by atoms with E-state index in [4.69, 9.17) is 16.3 Å². The minimum atomic E-state index is -3.67. The van der Waals surface area contributed by atoms with Gasteiger partial charge in [-0.1, -0.05) is 11.6 Å². The highest BCUT2D eigenvalue weighted by Gasteiger charge is 2.35. The maximum absolute atomic E-state index is 13.4. The van der Waals surface area contributed by atoms with Gasteiger partial charge < -0.3 is 15.0 Å². The predicted octanol–water partition coefficient (Wildman–Crippen LogP) is 3.18. The van der Waals surface area contributed by atoms with Crippen LogP contribution in [0, 0.1) is 11.7 Å². The first kappa shape index (κ1) is 25.1. The van der Waals surface area contributed by atoms with Crippen LogP contribution in [0.2, 0.25) is 5.02 Å². The van der Waals surface area contributed by atoms with Crippen LogP contribution >= 0.6 is 11.6 Å². The summed E-state index contributed by atoms with van der Waals surface area (Å²) in [6.45, 7) is 3.30. The zero-order chi connectivity index (χ0) is 24.0. The molecule has 2 aromatic rings. The van der Waals surface area contributed by atoms with Crippen molar-refractivity contribution in [1.82, 2.24) is 4.72 Å². The van der Waals surface area contributed by atoms with E-state index in [1.165, 1.54) is 47.4 Å². The average molecular weight is 498 g/mol. The summed E-state index contributed by atoms with van der Waals surface area (Å²) in [6.07, 6.45) is 0.557. The molecule has 2 amide bonds. The lowest BCUT2D eigenvalue weighted by molar-refractivity contribution is -0.122. The molecule has 0 bridgehead atoms. The molecule has 0 spiro atoms. The van der Waals surface area contributed by atoms with Crippen LogP contribution in [0.3, 0.4) is 0 Å². The van der Waals surface area contributed by atoms with E-state index in [0.717, 1.165) is 0 Å². The quantitative estimate of drug-likeness (QED) is 0.490. The van der Waals surface area contributed by atoms with Gasteiger partial charge in [-0.15, -0.1) is 0 Å². The maximum atomic E-state index is 13.4. The van der Waals surface area contributed by atoms with E-state index in [-0.39, 0.29) is 41.2 Å². The van der Waals surface area contributed by atoms with Gasteiger partial charge >= 0.3 is 0 Å². The third-order valence-electron chi connectivity index (χ3n) is 5.10. The molecule has 1 unspecified atom stereocenters. The molecule has 0 aliphatic carbocycles. The lowest BCUT2D eigenvalue weighted by atomic mass is 10.1. The summed E-state index contributed by atoms with van der Waals surface area (Å²) in [5.41, 5.74) is 0.830. The first-order valence-corrected chi connectivity index (χ1v) is 12.3. The van der Waals surface area contributed by atoms with Gasteiger partial charge in [0.1, 0.15) is 5.82 Å². The fourth-order valence-corrected chi connectivity index (χ4v) is 4.60. The summed E-state index contributed by atoms with van der Waals surface area (Å²) in [7, 11) is -3.67. The molecule has 3 rings (SSSR count). The Hall–Kier alpha value is -2.53. The number of ether oxygens (including phenoxy) is 1. The van der Waals surface area contributed by atoms with Gasteiger partial charge in [0.2, 0.25) is 21.8 Å². The van der Waals surface area contributed by atoms with Gasteiger partial charge in [-0.2, -0.15) is 0 Å². The van der Waals surface area contributed by atoms with Crippen molar-refractivity contribution in [3.63, 3.8) is 0 Å². The highest BCUT2D eigenvalue weighted by molar-refractivity contribution is 7.89. The van der Waals surface area contributed by atoms with Crippen molar-refractivity contribution >= 4 is 44.8 Å². The lowest BCUT2D eigenvalue weighted by Gasteiger charge is -2.17. The second kappa shape index (κ2) is 11.1. The van der Waals surface area contributed by atoms with E-state index in [1.807, 2.05) is 6.92 Å². The number of nitrogens with one attached hydrogen (secondary N) is 2. The normalized spacial score (nSPS) is 16.3. The van der Waals surface area contributed by atoms with Crippen LogP contribution in [0.5, 0.6) is 0 Å². The summed E-state index contributed by atoms with van der Waals surface area (Å²) in [5, 5.41) is 2.60. The Morgan fingerprint density at radius 1 is 1.24 bits per heavy atom. The van der Waals surface area contributed by atoms with Crippen molar-refractivity contribution < 1.29 is 27.1 Å². The third-order valence-corrected chi connectivity index (χ3v) is 6.87. The molecule has 1 aliphatic heterocycles. The van der Waals surface area contributed by atoms with Gasteiger partial charge in [0.25, 0.3) is 0 Å².